The Balaban J connectivity index is 1.54. The third-order valence-corrected chi connectivity index (χ3v) is 5.56. The Morgan fingerprint density at radius 2 is 2.00 bits per heavy atom. The summed E-state index contributed by atoms with van der Waals surface area (Å²) < 4.78 is 5.09. The predicted molar refractivity (Wildman–Crippen MR) is 111 cm³/mol. The van der Waals surface area contributed by atoms with Crippen molar-refractivity contribution in [3.8, 4) is 0 Å². The zero-order valence-electron chi connectivity index (χ0n) is 17.0. The number of ether oxygens (including phenoxy) is 1. The minimum absolute atomic E-state index is 0.0497. The molecule has 28 heavy (non-hydrogen) atoms. The average Bonchev–Trinajstić information content (AvgIpc) is 2.71. The Labute approximate surface area is 168 Å². The van der Waals surface area contributed by atoms with E-state index < -0.39 is 0 Å². The molecule has 0 bridgehead atoms. The summed E-state index contributed by atoms with van der Waals surface area (Å²) in [7, 11) is 1.57. The second-order valence-electron chi connectivity index (χ2n) is 7.71. The van der Waals surface area contributed by atoms with Gasteiger partial charge in [0.2, 0.25) is 5.91 Å². The zero-order chi connectivity index (χ0) is 19.8. The molecule has 0 spiro atoms. The van der Waals surface area contributed by atoms with Crippen LogP contribution in [0.5, 0.6) is 0 Å². The van der Waals surface area contributed by atoms with Crippen LogP contribution in [0.2, 0.25) is 0 Å². The number of hydrogen-bond acceptors (Lipinski definition) is 4. The van der Waals surface area contributed by atoms with Crippen LogP contribution < -0.4 is 0 Å². The quantitative estimate of drug-likeness (QED) is 0.704. The molecule has 1 fully saturated rings. The maximum Gasteiger partial charge on any atom is 0.248 e. The lowest BCUT2D eigenvalue weighted by Crippen LogP contribution is -2.41. The number of amides is 1. The van der Waals surface area contributed by atoms with Crippen LogP contribution in [0.25, 0.3) is 0 Å². The van der Waals surface area contributed by atoms with Crippen molar-refractivity contribution >= 4 is 5.91 Å². The highest BCUT2D eigenvalue weighted by molar-refractivity contribution is 5.77. The topological polar surface area (TPSA) is 45.7 Å². The summed E-state index contributed by atoms with van der Waals surface area (Å²) in [6, 6.07) is 12.6. The monoisotopic (exact) mass is 381 g/mol. The number of piperidine rings is 1. The number of hydrogen-bond donors (Lipinski definition) is 0. The Kier molecular flexibility index (Phi) is 7.57. The first-order valence-corrected chi connectivity index (χ1v) is 10.1. The molecule has 1 aromatic carbocycles. The van der Waals surface area contributed by atoms with E-state index in [0.29, 0.717) is 12.5 Å². The highest BCUT2D eigenvalue weighted by Gasteiger charge is 2.24. The van der Waals surface area contributed by atoms with Gasteiger partial charge in [0, 0.05) is 39.1 Å². The lowest BCUT2D eigenvalue weighted by molar-refractivity contribution is -0.136. The molecule has 3 rings (SSSR count). The van der Waals surface area contributed by atoms with Crippen LogP contribution in [0, 0.1) is 12.8 Å². The zero-order valence-corrected chi connectivity index (χ0v) is 17.0. The third-order valence-electron chi connectivity index (χ3n) is 5.56. The van der Waals surface area contributed by atoms with E-state index in [-0.39, 0.29) is 12.5 Å². The van der Waals surface area contributed by atoms with E-state index in [2.05, 4.69) is 41.1 Å². The molecule has 2 heterocycles. The van der Waals surface area contributed by atoms with Crippen molar-refractivity contribution in [2.45, 2.75) is 32.9 Å². The molecule has 0 atom stereocenters. The lowest BCUT2D eigenvalue weighted by atomic mass is 9.95. The van der Waals surface area contributed by atoms with Gasteiger partial charge in [-0.15, -0.1) is 0 Å². The summed E-state index contributed by atoms with van der Waals surface area (Å²) in [6.07, 6.45) is 5.83. The lowest BCUT2D eigenvalue weighted by Gasteiger charge is -2.35. The maximum absolute atomic E-state index is 12.5. The molecule has 0 aliphatic carbocycles. The summed E-state index contributed by atoms with van der Waals surface area (Å²) in [5.41, 5.74) is 3.83. The van der Waals surface area contributed by atoms with Crippen molar-refractivity contribution in [2.75, 3.05) is 33.4 Å². The number of pyridine rings is 1. The molecule has 0 radical (unpaired) electrons. The van der Waals surface area contributed by atoms with E-state index in [9.17, 15) is 4.79 Å². The molecule has 1 amide bonds. The standard InChI is InChI=1S/C23H31N3O2/c1-19-6-3-4-8-22(19)17-25-12-9-20(10-13-25)15-26(23(27)18-28-2)16-21-7-5-11-24-14-21/h3-8,11,14,20H,9-10,12-13,15-18H2,1-2H3. The van der Waals surface area contributed by atoms with Crippen LogP contribution in [0.4, 0.5) is 0 Å². The minimum Gasteiger partial charge on any atom is -0.375 e. The van der Waals surface area contributed by atoms with Gasteiger partial charge in [0.05, 0.1) is 0 Å². The van der Waals surface area contributed by atoms with Gasteiger partial charge in [0.15, 0.2) is 0 Å². The molecule has 1 aromatic heterocycles. The maximum atomic E-state index is 12.5. The van der Waals surface area contributed by atoms with Crippen LogP contribution in [0.1, 0.15) is 29.5 Å². The first-order chi connectivity index (χ1) is 13.7. The van der Waals surface area contributed by atoms with E-state index >= 15 is 0 Å². The summed E-state index contributed by atoms with van der Waals surface area (Å²) in [6.45, 7) is 6.87. The van der Waals surface area contributed by atoms with E-state index in [1.165, 1.54) is 11.1 Å². The van der Waals surface area contributed by atoms with Crippen LogP contribution >= 0.6 is 0 Å². The van der Waals surface area contributed by atoms with Gasteiger partial charge >= 0.3 is 0 Å². The Morgan fingerprint density at radius 1 is 1.21 bits per heavy atom. The number of likely N-dealkylation sites (tertiary alicyclic amines) is 1. The summed E-state index contributed by atoms with van der Waals surface area (Å²) in [5.74, 6) is 0.583. The summed E-state index contributed by atoms with van der Waals surface area (Å²) in [4.78, 5) is 21.2. The highest BCUT2D eigenvalue weighted by Crippen LogP contribution is 2.22. The van der Waals surface area contributed by atoms with Crippen LogP contribution in [0.15, 0.2) is 48.8 Å². The molecule has 1 aliphatic heterocycles. The van der Waals surface area contributed by atoms with Crippen molar-refractivity contribution in [3.05, 3.63) is 65.5 Å². The number of carbonyl (C=O) groups excluding carboxylic acids is 1. The molecule has 150 valence electrons. The van der Waals surface area contributed by atoms with E-state index in [0.717, 1.165) is 44.6 Å². The first kappa shape index (κ1) is 20.5. The Morgan fingerprint density at radius 3 is 2.68 bits per heavy atom. The second kappa shape index (κ2) is 10.3. The van der Waals surface area contributed by atoms with Gasteiger partial charge in [0.25, 0.3) is 0 Å². The van der Waals surface area contributed by atoms with Crippen LogP contribution in [0.3, 0.4) is 0 Å². The molecular formula is C23H31N3O2. The van der Waals surface area contributed by atoms with Gasteiger partial charge < -0.3 is 9.64 Å². The molecule has 0 saturated carbocycles. The highest BCUT2D eigenvalue weighted by atomic mass is 16.5. The number of nitrogens with zero attached hydrogens (tertiary/aromatic N) is 3. The SMILES string of the molecule is COCC(=O)N(Cc1cccnc1)CC1CCN(Cc2ccccc2C)CC1. The van der Waals surface area contributed by atoms with Crippen molar-refractivity contribution in [2.24, 2.45) is 5.92 Å². The molecule has 1 saturated heterocycles. The van der Waals surface area contributed by atoms with Gasteiger partial charge in [-0.3, -0.25) is 14.7 Å². The fraction of sp³-hybridized carbons (Fsp3) is 0.478. The third kappa shape index (κ3) is 5.88. The van der Waals surface area contributed by atoms with Crippen LogP contribution in [-0.2, 0) is 22.6 Å². The van der Waals surface area contributed by atoms with Crippen molar-refractivity contribution in [1.29, 1.82) is 0 Å². The van der Waals surface area contributed by atoms with Gasteiger partial charge in [-0.25, -0.2) is 0 Å². The van der Waals surface area contributed by atoms with Crippen molar-refractivity contribution < 1.29 is 9.53 Å². The minimum atomic E-state index is 0.0497. The van der Waals surface area contributed by atoms with Gasteiger partial charge in [-0.2, -0.15) is 0 Å². The van der Waals surface area contributed by atoms with Gasteiger partial charge in [-0.1, -0.05) is 30.3 Å². The van der Waals surface area contributed by atoms with Crippen molar-refractivity contribution in [3.63, 3.8) is 0 Å². The normalized spacial score (nSPS) is 15.5. The molecule has 0 N–H and O–H groups in total. The smallest absolute Gasteiger partial charge is 0.248 e. The molecule has 5 heteroatoms. The Bertz CT molecular complexity index is 743. The summed E-state index contributed by atoms with van der Waals surface area (Å²) >= 11 is 0. The van der Waals surface area contributed by atoms with E-state index in [1.807, 2.05) is 23.2 Å². The average molecular weight is 382 g/mol. The van der Waals surface area contributed by atoms with Crippen LogP contribution in [-0.4, -0.2) is 54.0 Å². The van der Waals surface area contributed by atoms with Crippen molar-refractivity contribution in [1.82, 2.24) is 14.8 Å². The molecule has 2 aromatic rings. The number of methoxy groups -OCH3 is 1. The molecule has 5 nitrogen and oxygen atoms in total. The molecule has 0 unspecified atom stereocenters. The summed E-state index contributed by atoms with van der Waals surface area (Å²) in [5, 5.41) is 0. The number of aryl methyl sites for hydroxylation is 1. The molecule has 1 aliphatic rings. The Hall–Kier alpha value is -2.24. The fourth-order valence-corrected chi connectivity index (χ4v) is 3.85. The second-order valence-corrected chi connectivity index (χ2v) is 7.71. The van der Waals surface area contributed by atoms with E-state index in [4.69, 9.17) is 4.74 Å². The molecular weight excluding hydrogens is 350 g/mol. The van der Waals surface area contributed by atoms with Gasteiger partial charge in [-0.05, 0) is 61.5 Å². The van der Waals surface area contributed by atoms with E-state index in [1.54, 1.807) is 13.3 Å². The fourth-order valence-electron chi connectivity index (χ4n) is 3.85. The van der Waals surface area contributed by atoms with Gasteiger partial charge in [0.1, 0.15) is 6.61 Å². The number of rotatable bonds is 8. The number of aromatic nitrogens is 1. The predicted octanol–water partition coefficient (Wildman–Crippen LogP) is 3.28. The first-order valence-electron chi connectivity index (χ1n) is 10.1. The largest absolute Gasteiger partial charge is 0.375 e. The number of carbonyl (C=O) groups is 1. The number of benzene rings is 1.